The van der Waals surface area contributed by atoms with Gasteiger partial charge in [-0.3, -0.25) is 0 Å². The Hall–Kier alpha value is -1.72. The lowest BCUT2D eigenvalue weighted by Gasteiger charge is -2.18. The topological polar surface area (TPSA) is 86.7 Å². The molecule has 0 N–H and O–H groups in total. The summed E-state index contributed by atoms with van der Waals surface area (Å²) in [4.78, 5) is 23.6. The lowest BCUT2D eigenvalue weighted by atomic mass is 9.84. The van der Waals surface area contributed by atoms with E-state index >= 15 is 0 Å². The maximum absolute atomic E-state index is 11.8. The van der Waals surface area contributed by atoms with E-state index in [1.807, 2.05) is 27.7 Å². The Labute approximate surface area is 104 Å². The van der Waals surface area contributed by atoms with Crippen molar-refractivity contribution >= 4 is 0 Å². The molecule has 0 bridgehead atoms. The second-order valence-corrected chi connectivity index (χ2v) is 5.08. The smallest absolute Gasteiger partial charge is 0.242 e. The van der Waals surface area contributed by atoms with Crippen molar-refractivity contribution in [1.29, 1.82) is 0 Å². The average molecular weight is 258 g/mol. The SMILES string of the molecule is CCCCc1c(C(C)(C)C)c(=O)ooooc1=O. The molecule has 18 heavy (non-hydrogen) atoms. The number of unbranched alkanes of at least 4 members (excludes halogenated alkanes) is 1. The van der Waals surface area contributed by atoms with Crippen LogP contribution in [-0.4, -0.2) is 0 Å². The van der Waals surface area contributed by atoms with Crippen LogP contribution < -0.4 is 11.3 Å². The fourth-order valence-electron chi connectivity index (χ4n) is 1.75. The van der Waals surface area contributed by atoms with Crippen LogP contribution in [-0.2, 0) is 11.8 Å². The highest BCUT2D eigenvalue weighted by Crippen LogP contribution is 2.21. The summed E-state index contributed by atoms with van der Waals surface area (Å²) in [6.07, 6.45) is 2.08. The number of hydrogen-bond donors (Lipinski definition) is 0. The minimum Gasteiger partial charge on any atom is -0.242 e. The molecule has 0 saturated carbocycles. The maximum atomic E-state index is 11.8. The van der Waals surface area contributed by atoms with Gasteiger partial charge in [-0.2, -0.15) is 0 Å². The fraction of sp³-hybridized carbons (Fsp3) is 0.667. The van der Waals surface area contributed by atoms with Crippen LogP contribution in [0.1, 0.15) is 51.7 Å². The van der Waals surface area contributed by atoms with Crippen molar-refractivity contribution in [2.45, 2.75) is 52.4 Å². The van der Waals surface area contributed by atoms with Crippen LogP contribution in [0.2, 0.25) is 0 Å². The molecule has 0 fully saturated rings. The first-order valence-electron chi connectivity index (χ1n) is 5.88. The van der Waals surface area contributed by atoms with Crippen molar-refractivity contribution in [2.24, 2.45) is 0 Å². The maximum Gasteiger partial charge on any atom is 0.387 e. The van der Waals surface area contributed by atoms with E-state index in [2.05, 4.69) is 18.6 Å². The van der Waals surface area contributed by atoms with Gasteiger partial charge in [0.25, 0.3) is 0 Å². The number of rotatable bonds is 3. The van der Waals surface area contributed by atoms with Crippen LogP contribution in [0.15, 0.2) is 28.2 Å². The van der Waals surface area contributed by atoms with Gasteiger partial charge in [0, 0.05) is 0 Å². The third kappa shape index (κ3) is 3.38. The lowest BCUT2D eigenvalue weighted by molar-refractivity contribution is -0.307. The molecule has 102 valence electrons. The predicted octanol–water partition coefficient (Wildman–Crippen LogP) is 2.54. The second kappa shape index (κ2) is 5.75. The van der Waals surface area contributed by atoms with Crippen LogP contribution >= 0.6 is 0 Å². The Bertz CT molecular complexity index is 532. The molecule has 0 amide bonds. The van der Waals surface area contributed by atoms with Gasteiger partial charge in [-0.15, -0.1) is 0 Å². The van der Waals surface area contributed by atoms with Crippen molar-refractivity contribution in [1.82, 2.24) is 0 Å². The number of hydrogen-bond acceptors (Lipinski definition) is 6. The van der Waals surface area contributed by atoms with E-state index in [1.165, 1.54) is 0 Å². The van der Waals surface area contributed by atoms with Crippen LogP contribution in [0.3, 0.4) is 0 Å². The largest absolute Gasteiger partial charge is 0.387 e. The Morgan fingerprint density at radius 1 is 1.00 bits per heavy atom. The van der Waals surface area contributed by atoms with E-state index in [9.17, 15) is 9.59 Å². The molecule has 0 saturated heterocycles. The quantitative estimate of drug-likeness (QED) is 0.774. The lowest BCUT2D eigenvalue weighted by Crippen LogP contribution is -2.27. The molecule has 6 heteroatoms. The fourth-order valence-corrected chi connectivity index (χ4v) is 1.75. The van der Waals surface area contributed by atoms with Crippen molar-refractivity contribution in [3.63, 3.8) is 0 Å². The molecule has 1 aromatic heterocycles. The second-order valence-electron chi connectivity index (χ2n) is 5.08. The molecule has 0 aromatic carbocycles. The van der Waals surface area contributed by atoms with E-state index in [0.717, 1.165) is 12.8 Å². The highest BCUT2D eigenvalue weighted by molar-refractivity contribution is 5.26. The Morgan fingerprint density at radius 3 is 2.06 bits per heavy atom. The summed E-state index contributed by atoms with van der Waals surface area (Å²) in [7, 11) is 0. The van der Waals surface area contributed by atoms with Crippen molar-refractivity contribution in [3.05, 3.63) is 32.0 Å². The highest BCUT2D eigenvalue weighted by atomic mass is 17.4. The first kappa shape index (κ1) is 14.3. The molecule has 1 rings (SSSR count). The molecular weight excluding hydrogens is 240 g/mol. The molecule has 0 unspecified atom stereocenters. The molecule has 0 atom stereocenters. The molecular formula is C12H18O6. The van der Waals surface area contributed by atoms with Gasteiger partial charge in [0.1, 0.15) is 0 Å². The van der Waals surface area contributed by atoms with E-state index in [4.69, 9.17) is 0 Å². The van der Waals surface area contributed by atoms with Gasteiger partial charge in [-0.1, -0.05) is 34.1 Å². The normalized spacial score (nSPS) is 11.3. The van der Waals surface area contributed by atoms with Crippen molar-refractivity contribution in [3.8, 4) is 0 Å². The minimum absolute atomic E-state index is 0.254. The van der Waals surface area contributed by atoms with Crippen LogP contribution in [0.4, 0.5) is 0 Å². The van der Waals surface area contributed by atoms with Gasteiger partial charge in [0.05, 0.1) is 11.1 Å². The molecule has 0 spiro atoms. The Morgan fingerprint density at radius 2 is 1.56 bits per heavy atom. The molecule has 0 aliphatic heterocycles. The summed E-state index contributed by atoms with van der Waals surface area (Å²) in [6, 6.07) is 0. The van der Waals surface area contributed by atoms with E-state index < -0.39 is 16.7 Å². The van der Waals surface area contributed by atoms with Gasteiger partial charge in [0.15, 0.2) is 0 Å². The summed E-state index contributed by atoms with van der Waals surface area (Å²) >= 11 is 0. The minimum atomic E-state index is -0.731. The van der Waals surface area contributed by atoms with Crippen LogP contribution in [0.25, 0.3) is 0 Å². The summed E-state index contributed by atoms with van der Waals surface area (Å²) in [6.45, 7) is 7.42. The molecule has 0 radical (unpaired) electrons. The summed E-state index contributed by atoms with van der Waals surface area (Å²) in [5, 5.41) is 0. The van der Waals surface area contributed by atoms with E-state index in [-0.39, 0.29) is 11.1 Å². The predicted molar refractivity (Wildman–Crippen MR) is 63.0 cm³/mol. The highest BCUT2D eigenvalue weighted by Gasteiger charge is 2.25. The summed E-state index contributed by atoms with van der Waals surface area (Å²) in [5.74, 6) is 0. The van der Waals surface area contributed by atoms with Gasteiger partial charge < -0.3 is 0 Å². The van der Waals surface area contributed by atoms with Gasteiger partial charge in [-0.25, -0.2) is 18.7 Å². The first-order chi connectivity index (χ1) is 8.38. The third-order valence-electron chi connectivity index (χ3n) is 2.53. The van der Waals surface area contributed by atoms with Crippen molar-refractivity contribution < 1.29 is 18.6 Å². The zero-order chi connectivity index (χ0) is 13.8. The van der Waals surface area contributed by atoms with Gasteiger partial charge in [-0.05, 0) is 27.7 Å². The Kier molecular flexibility index (Phi) is 4.58. The van der Waals surface area contributed by atoms with Crippen LogP contribution in [0, 0.1) is 0 Å². The van der Waals surface area contributed by atoms with E-state index in [1.54, 1.807) is 0 Å². The zero-order valence-electron chi connectivity index (χ0n) is 11.1. The average Bonchev–Trinajstić information content (AvgIpc) is 2.25. The molecule has 1 heterocycles. The third-order valence-corrected chi connectivity index (χ3v) is 2.53. The molecule has 0 aliphatic carbocycles. The molecule has 1 aromatic rings. The standard InChI is InChI=1S/C12H18O6/c1-5-6-7-8-9(12(2,3)4)11(14)16-18-17-15-10(8)13/h5-7H2,1-4H3. The van der Waals surface area contributed by atoms with Gasteiger partial charge >= 0.3 is 11.3 Å². The summed E-state index contributed by atoms with van der Waals surface area (Å²) in [5.41, 5.74) is -1.47. The van der Waals surface area contributed by atoms with Gasteiger partial charge in [0.2, 0.25) is 0 Å². The van der Waals surface area contributed by atoms with Crippen LogP contribution in [0.5, 0.6) is 0 Å². The summed E-state index contributed by atoms with van der Waals surface area (Å²) < 4.78 is 16.8. The monoisotopic (exact) mass is 258 g/mol. The molecule has 6 nitrogen and oxygen atoms in total. The van der Waals surface area contributed by atoms with E-state index in [0.29, 0.717) is 6.42 Å². The zero-order valence-corrected chi connectivity index (χ0v) is 11.1. The molecule has 0 aliphatic rings. The van der Waals surface area contributed by atoms with Crippen molar-refractivity contribution in [2.75, 3.05) is 0 Å². The Balaban J connectivity index is 3.63. The first-order valence-corrected chi connectivity index (χ1v) is 5.88.